The fourth-order valence-corrected chi connectivity index (χ4v) is 2.61. The van der Waals surface area contributed by atoms with E-state index in [1.54, 1.807) is 0 Å². The molecule has 2 rings (SSSR count). The molecular formula is C17H25N3. The highest BCUT2D eigenvalue weighted by Gasteiger charge is 2.24. The van der Waals surface area contributed by atoms with E-state index in [4.69, 9.17) is 0 Å². The lowest BCUT2D eigenvalue weighted by Crippen LogP contribution is -2.45. The molecule has 1 fully saturated rings. The highest BCUT2D eigenvalue weighted by atomic mass is 15.3. The van der Waals surface area contributed by atoms with Gasteiger partial charge in [-0.2, -0.15) is 5.26 Å². The van der Waals surface area contributed by atoms with Crippen LogP contribution in [0, 0.1) is 11.3 Å². The predicted octanol–water partition coefficient (Wildman–Crippen LogP) is 2.80. The molecule has 1 heterocycles. The minimum Gasteiger partial charge on any atom is -0.304 e. The van der Waals surface area contributed by atoms with Crippen LogP contribution in [0.4, 0.5) is 0 Å². The third-order valence-electron chi connectivity index (χ3n) is 4.12. The highest BCUT2D eigenvalue weighted by Crippen LogP contribution is 2.26. The van der Waals surface area contributed by atoms with Gasteiger partial charge in [-0.1, -0.05) is 45.0 Å². The number of hydrogen-bond acceptors (Lipinski definition) is 3. The Labute approximate surface area is 122 Å². The van der Waals surface area contributed by atoms with Gasteiger partial charge in [-0.15, -0.1) is 0 Å². The van der Waals surface area contributed by atoms with E-state index in [1.165, 1.54) is 5.56 Å². The van der Waals surface area contributed by atoms with Crippen molar-refractivity contribution in [2.75, 3.05) is 33.2 Å². The van der Waals surface area contributed by atoms with Crippen molar-refractivity contribution in [2.24, 2.45) is 0 Å². The molecule has 3 heteroatoms. The number of nitriles is 1. The van der Waals surface area contributed by atoms with Crippen molar-refractivity contribution in [3.05, 3.63) is 35.4 Å². The van der Waals surface area contributed by atoms with Gasteiger partial charge in [0.1, 0.15) is 6.04 Å². The molecule has 0 spiro atoms. The highest BCUT2D eigenvalue weighted by molar-refractivity contribution is 5.31. The van der Waals surface area contributed by atoms with Gasteiger partial charge < -0.3 is 4.90 Å². The second-order valence-electron chi connectivity index (χ2n) is 6.74. The Kier molecular flexibility index (Phi) is 4.47. The van der Waals surface area contributed by atoms with Crippen LogP contribution in [0.5, 0.6) is 0 Å². The lowest BCUT2D eigenvalue weighted by Gasteiger charge is -2.35. The van der Waals surface area contributed by atoms with Gasteiger partial charge in [0, 0.05) is 26.2 Å². The van der Waals surface area contributed by atoms with E-state index in [0.717, 1.165) is 31.7 Å². The lowest BCUT2D eigenvalue weighted by molar-refractivity contribution is 0.133. The minimum atomic E-state index is -0.113. The fraction of sp³-hybridized carbons (Fsp3) is 0.588. The molecule has 0 radical (unpaired) electrons. The number of hydrogen-bond donors (Lipinski definition) is 0. The van der Waals surface area contributed by atoms with Crippen LogP contribution in [0.25, 0.3) is 0 Å². The maximum atomic E-state index is 9.52. The van der Waals surface area contributed by atoms with Crippen molar-refractivity contribution in [3.63, 3.8) is 0 Å². The van der Waals surface area contributed by atoms with Crippen LogP contribution in [0.1, 0.15) is 37.9 Å². The summed E-state index contributed by atoms with van der Waals surface area (Å²) >= 11 is 0. The molecule has 1 atom stereocenters. The van der Waals surface area contributed by atoms with Crippen LogP contribution in [0.3, 0.4) is 0 Å². The monoisotopic (exact) mass is 271 g/mol. The summed E-state index contributed by atoms with van der Waals surface area (Å²) in [4.78, 5) is 4.60. The van der Waals surface area contributed by atoms with Crippen molar-refractivity contribution in [2.45, 2.75) is 32.2 Å². The molecule has 0 N–H and O–H groups in total. The zero-order chi connectivity index (χ0) is 14.8. The summed E-state index contributed by atoms with van der Waals surface area (Å²) < 4.78 is 0. The van der Waals surface area contributed by atoms with Crippen LogP contribution < -0.4 is 0 Å². The molecule has 0 amide bonds. The number of nitrogens with zero attached hydrogens (tertiary/aromatic N) is 3. The van der Waals surface area contributed by atoms with Crippen LogP contribution in [-0.2, 0) is 5.41 Å². The number of rotatable bonds is 2. The Hall–Kier alpha value is -1.37. The second-order valence-corrected chi connectivity index (χ2v) is 6.74. The van der Waals surface area contributed by atoms with E-state index in [2.05, 4.69) is 68.0 Å². The van der Waals surface area contributed by atoms with E-state index >= 15 is 0 Å². The number of likely N-dealkylation sites (N-methyl/N-ethyl adjacent to an activating group) is 1. The van der Waals surface area contributed by atoms with E-state index in [9.17, 15) is 5.26 Å². The summed E-state index contributed by atoms with van der Waals surface area (Å²) in [5, 5.41) is 9.52. The fourth-order valence-electron chi connectivity index (χ4n) is 2.61. The van der Waals surface area contributed by atoms with E-state index in [0.29, 0.717) is 0 Å². The lowest BCUT2D eigenvalue weighted by atomic mass is 9.86. The first-order valence-corrected chi connectivity index (χ1v) is 7.34. The topological polar surface area (TPSA) is 30.3 Å². The summed E-state index contributed by atoms with van der Waals surface area (Å²) in [5.41, 5.74) is 2.59. The second kappa shape index (κ2) is 5.95. The minimum absolute atomic E-state index is 0.113. The Morgan fingerprint density at radius 1 is 1.05 bits per heavy atom. The quantitative estimate of drug-likeness (QED) is 0.828. The Bertz CT molecular complexity index is 470. The third-order valence-corrected chi connectivity index (χ3v) is 4.12. The van der Waals surface area contributed by atoms with Gasteiger partial charge in [0.2, 0.25) is 0 Å². The van der Waals surface area contributed by atoms with Crippen LogP contribution in [0.15, 0.2) is 24.3 Å². The third kappa shape index (κ3) is 3.39. The van der Waals surface area contributed by atoms with Gasteiger partial charge in [-0.05, 0) is 23.6 Å². The summed E-state index contributed by atoms with van der Waals surface area (Å²) in [7, 11) is 2.14. The molecule has 1 aliphatic heterocycles. The molecule has 0 bridgehead atoms. The first-order chi connectivity index (χ1) is 9.41. The average molecular weight is 271 g/mol. The van der Waals surface area contributed by atoms with Gasteiger partial charge in [-0.3, -0.25) is 4.90 Å². The van der Waals surface area contributed by atoms with E-state index in [1.807, 2.05) is 0 Å². The van der Waals surface area contributed by atoms with Gasteiger partial charge in [0.15, 0.2) is 0 Å². The van der Waals surface area contributed by atoms with E-state index in [-0.39, 0.29) is 11.5 Å². The van der Waals surface area contributed by atoms with Crippen LogP contribution >= 0.6 is 0 Å². The molecule has 0 aliphatic carbocycles. The van der Waals surface area contributed by atoms with Crippen LogP contribution in [0.2, 0.25) is 0 Å². The summed E-state index contributed by atoms with van der Waals surface area (Å²) in [6.45, 7) is 10.7. The molecule has 20 heavy (non-hydrogen) atoms. The van der Waals surface area contributed by atoms with Crippen molar-refractivity contribution in [1.82, 2.24) is 9.80 Å². The molecular weight excluding hydrogens is 246 g/mol. The predicted molar refractivity (Wildman–Crippen MR) is 82.6 cm³/mol. The molecule has 0 saturated carbocycles. The number of piperazine rings is 1. The maximum absolute atomic E-state index is 9.52. The first kappa shape index (κ1) is 15.0. The van der Waals surface area contributed by atoms with Gasteiger partial charge >= 0.3 is 0 Å². The zero-order valence-electron chi connectivity index (χ0n) is 13.1. The van der Waals surface area contributed by atoms with Gasteiger partial charge in [-0.25, -0.2) is 0 Å². The summed E-state index contributed by atoms with van der Waals surface area (Å²) in [6.07, 6.45) is 0. The SMILES string of the molecule is CN1CCN(C(C#N)c2ccc(C(C)(C)C)cc2)CC1. The molecule has 1 aromatic carbocycles. The Balaban J connectivity index is 2.14. The Morgan fingerprint density at radius 3 is 2.05 bits per heavy atom. The molecule has 108 valence electrons. The first-order valence-electron chi connectivity index (χ1n) is 7.34. The molecule has 3 nitrogen and oxygen atoms in total. The summed E-state index contributed by atoms with van der Waals surface area (Å²) in [5.74, 6) is 0. The largest absolute Gasteiger partial charge is 0.304 e. The molecule has 1 aliphatic rings. The van der Waals surface area contributed by atoms with Gasteiger partial charge in [0.25, 0.3) is 0 Å². The number of benzene rings is 1. The molecule has 0 aromatic heterocycles. The van der Waals surface area contributed by atoms with Crippen LogP contribution in [-0.4, -0.2) is 43.0 Å². The van der Waals surface area contributed by atoms with Crippen molar-refractivity contribution in [3.8, 4) is 6.07 Å². The molecule has 1 aromatic rings. The average Bonchev–Trinajstić information content (AvgIpc) is 2.41. The van der Waals surface area contributed by atoms with Gasteiger partial charge in [0.05, 0.1) is 6.07 Å². The van der Waals surface area contributed by atoms with Crippen molar-refractivity contribution < 1.29 is 0 Å². The normalized spacial score (nSPS) is 19.6. The van der Waals surface area contributed by atoms with Crippen molar-refractivity contribution >= 4 is 0 Å². The smallest absolute Gasteiger partial charge is 0.123 e. The van der Waals surface area contributed by atoms with Crippen molar-refractivity contribution in [1.29, 1.82) is 5.26 Å². The summed E-state index contributed by atoms with van der Waals surface area (Å²) in [6, 6.07) is 10.9. The van der Waals surface area contributed by atoms with E-state index < -0.39 is 0 Å². The standard InChI is InChI=1S/C17H25N3/c1-17(2,3)15-7-5-14(6-8-15)16(13-18)20-11-9-19(4)10-12-20/h5-8,16H,9-12H2,1-4H3. The Morgan fingerprint density at radius 2 is 1.60 bits per heavy atom. The maximum Gasteiger partial charge on any atom is 0.123 e. The zero-order valence-corrected chi connectivity index (χ0v) is 13.1. The molecule has 1 saturated heterocycles. The molecule has 1 unspecified atom stereocenters.